The van der Waals surface area contributed by atoms with Crippen molar-refractivity contribution in [3.63, 3.8) is 0 Å². The monoisotopic (exact) mass is 488 g/mol. The molecule has 2 heteroatoms. The van der Waals surface area contributed by atoms with Gasteiger partial charge in [-0.15, -0.1) is 6.58 Å². The molecule has 0 amide bonds. The number of allylic oxidation sites excluding steroid dienone is 3. The van der Waals surface area contributed by atoms with Gasteiger partial charge in [-0.2, -0.15) is 0 Å². The van der Waals surface area contributed by atoms with E-state index in [2.05, 4.69) is 30.9 Å². The maximum atomic E-state index is 15.3. The van der Waals surface area contributed by atoms with Gasteiger partial charge in [0.05, 0.1) is 0 Å². The van der Waals surface area contributed by atoms with Gasteiger partial charge in [-0.3, -0.25) is 0 Å². The van der Waals surface area contributed by atoms with Crippen LogP contribution < -0.4 is 0 Å². The number of halogens is 2. The second-order valence-corrected chi connectivity index (χ2v) is 11.7. The number of benzene rings is 2. The van der Waals surface area contributed by atoms with Crippen molar-refractivity contribution in [2.24, 2.45) is 17.8 Å². The van der Waals surface area contributed by atoms with Crippen molar-refractivity contribution in [1.82, 2.24) is 0 Å². The zero-order chi connectivity index (χ0) is 25.1. The topological polar surface area (TPSA) is 0 Å². The highest BCUT2D eigenvalue weighted by atomic mass is 19.1. The molecule has 2 saturated carbocycles. The first kappa shape index (κ1) is 25.4. The van der Waals surface area contributed by atoms with Gasteiger partial charge in [0.15, 0.2) is 0 Å². The maximum absolute atomic E-state index is 15.3. The molecule has 0 aliphatic heterocycles. The van der Waals surface area contributed by atoms with Gasteiger partial charge < -0.3 is 0 Å². The van der Waals surface area contributed by atoms with E-state index in [0.29, 0.717) is 18.3 Å². The Balaban J connectivity index is 1.18. The summed E-state index contributed by atoms with van der Waals surface area (Å²) in [7, 11) is 0. The molecule has 0 nitrogen and oxygen atoms in total. The largest absolute Gasteiger partial charge is 0.207 e. The molecule has 3 aliphatic rings. The van der Waals surface area contributed by atoms with Crippen LogP contribution in [0, 0.1) is 29.4 Å². The summed E-state index contributed by atoms with van der Waals surface area (Å²) in [6.07, 6.45) is 18.0. The minimum Gasteiger partial charge on any atom is -0.207 e. The first-order valence-corrected chi connectivity index (χ1v) is 14.4. The molecular weight excluding hydrogens is 446 g/mol. The fourth-order valence-corrected chi connectivity index (χ4v) is 7.31. The molecule has 2 aromatic rings. The molecule has 3 aliphatic carbocycles. The lowest BCUT2D eigenvalue weighted by molar-refractivity contribution is 0.171. The van der Waals surface area contributed by atoms with Crippen LogP contribution in [0.25, 0.3) is 5.57 Å². The highest BCUT2D eigenvalue weighted by Gasteiger charge is 2.31. The Morgan fingerprint density at radius 1 is 0.778 bits per heavy atom. The Hall–Kier alpha value is -2.22. The summed E-state index contributed by atoms with van der Waals surface area (Å²) in [4.78, 5) is 0. The van der Waals surface area contributed by atoms with Gasteiger partial charge in [-0.1, -0.05) is 43.3 Å². The Morgan fingerprint density at radius 2 is 1.42 bits per heavy atom. The quantitative estimate of drug-likeness (QED) is 0.355. The van der Waals surface area contributed by atoms with Crippen LogP contribution >= 0.6 is 0 Å². The van der Waals surface area contributed by atoms with Crippen LogP contribution in [0.4, 0.5) is 8.78 Å². The first-order chi connectivity index (χ1) is 17.6. The average Bonchev–Trinajstić information content (AvgIpc) is 2.93. The lowest BCUT2D eigenvalue weighted by atomic mass is 9.68. The van der Waals surface area contributed by atoms with Gasteiger partial charge in [0.2, 0.25) is 0 Å². The number of aryl methyl sites for hydroxylation is 1. The van der Waals surface area contributed by atoms with Crippen molar-refractivity contribution in [3.05, 3.63) is 89.0 Å². The van der Waals surface area contributed by atoms with E-state index in [1.54, 1.807) is 6.07 Å². The van der Waals surface area contributed by atoms with Crippen LogP contribution in [0.1, 0.15) is 112 Å². The summed E-state index contributed by atoms with van der Waals surface area (Å²) < 4.78 is 29.6. The second-order valence-electron chi connectivity index (χ2n) is 11.7. The summed E-state index contributed by atoms with van der Waals surface area (Å²) in [6.45, 7) is 5.97. The zero-order valence-electron chi connectivity index (χ0n) is 22.0. The van der Waals surface area contributed by atoms with E-state index < -0.39 is 0 Å². The Labute approximate surface area is 216 Å². The summed E-state index contributed by atoms with van der Waals surface area (Å²) in [5.41, 5.74) is 4.90. The number of rotatable bonds is 6. The second kappa shape index (κ2) is 11.4. The molecule has 192 valence electrons. The van der Waals surface area contributed by atoms with Crippen molar-refractivity contribution in [1.29, 1.82) is 0 Å². The van der Waals surface area contributed by atoms with Crippen LogP contribution in [-0.2, 0) is 6.42 Å². The van der Waals surface area contributed by atoms with Crippen molar-refractivity contribution < 1.29 is 8.78 Å². The number of hydrogen-bond donors (Lipinski definition) is 0. The van der Waals surface area contributed by atoms with Gasteiger partial charge in [0, 0.05) is 5.56 Å². The van der Waals surface area contributed by atoms with Crippen LogP contribution in [-0.4, -0.2) is 0 Å². The van der Waals surface area contributed by atoms with Gasteiger partial charge in [-0.05, 0) is 141 Å². The molecule has 0 saturated heterocycles. The molecule has 0 N–H and O–H groups in total. The summed E-state index contributed by atoms with van der Waals surface area (Å²) >= 11 is 0. The first-order valence-electron chi connectivity index (χ1n) is 14.4. The molecule has 0 spiro atoms. The van der Waals surface area contributed by atoms with Crippen LogP contribution in [0.2, 0.25) is 0 Å². The third-order valence-electron chi connectivity index (χ3n) is 9.74. The van der Waals surface area contributed by atoms with Crippen molar-refractivity contribution in [2.45, 2.75) is 95.8 Å². The van der Waals surface area contributed by atoms with Crippen molar-refractivity contribution in [3.8, 4) is 0 Å². The molecule has 0 bridgehead atoms. The SMILES string of the molecule is C=CC1CCC(C2CCC(c3ccc(C4=CCC(c5ccc(CC)c(F)c5)CC4)c(F)c3)CC2)CC1. The highest BCUT2D eigenvalue weighted by Crippen LogP contribution is 2.45. The van der Waals surface area contributed by atoms with E-state index in [1.807, 2.05) is 25.1 Å². The van der Waals surface area contributed by atoms with Crippen LogP contribution in [0.15, 0.2) is 55.1 Å². The summed E-state index contributed by atoms with van der Waals surface area (Å²) in [5.74, 6) is 3.14. The number of hydrogen-bond acceptors (Lipinski definition) is 0. The molecule has 2 fully saturated rings. The van der Waals surface area contributed by atoms with E-state index in [0.717, 1.165) is 59.3 Å². The van der Waals surface area contributed by atoms with Gasteiger partial charge in [0.1, 0.15) is 11.6 Å². The minimum atomic E-state index is -0.0967. The predicted molar refractivity (Wildman–Crippen MR) is 147 cm³/mol. The van der Waals surface area contributed by atoms with Crippen LogP contribution in [0.3, 0.4) is 0 Å². The van der Waals surface area contributed by atoms with E-state index in [9.17, 15) is 4.39 Å². The van der Waals surface area contributed by atoms with E-state index in [-0.39, 0.29) is 11.6 Å². The lowest BCUT2D eigenvalue weighted by Gasteiger charge is -2.37. The molecule has 1 unspecified atom stereocenters. The highest BCUT2D eigenvalue weighted by molar-refractivity contribution is 5.67. The van der Waals surface area contributed by atoms with Gasteiger partial charge in [-0.25, -0.2) is 8.78 Å². The molecule has 0 heterocycles. The lowest BCUT2D eigenvalue weighted by Crippen LogP contribution is -2.25. The molecule has 2 aromatic carbocycles. The van der Waals surface area contributed by atoms with Crippen molar-refractivity contribution in [2.75, 3.05) is 0 Å². The molecule has 0 radical (unpaired) electrons. The van der Waals surface area contributed by atoms with Gasteiger partial charge >= 0.3 is 0 Å². The minimum absolute atomic E-state index is 0.0691. The summed E-state index contributed by atoms with van der Waals surface area (Å²) in [6, 6.07) is 11.7. The average molecular weight is 489 g/mol. The Kier molecular flexibility index (Phi) is 8.09. The molecule has 0 aromatic heterocycles. The third kappa shape index (κ3) is 5.53. The van der Waals surface area contributed by atoms with E-state index in [1.165, 1.54) is 56.9 Å². The summed E-state index contributed by atoms with van der Waals surface area (Å²) in [5, 5.41) is 0. The fraction of sp³-hybridized carbons (Fsp3) is 0.529. The predicted octanol–water partition coefficient (Wildman–Crippen LogP) is 10.1. The fourth-order valence-electron chi connectivity index (χ4n) is 7.31. The molecule has 5 rings (SSSR count). The zero-order valence-corrected chi connectivity index (χ0v) is 22.0. The standard InChI is InChI=1S/C34H42F2/c1-3-23-5-7-25(8-6-23)26-10-12-27(13-11-26)31-19-20-32(34(36)22-31)29-16-14-28(15-17-29)30-18-9-24(4-2)33(35)21-30/h3,9,16,18-23,25-28H,1,4-8,10-15,17H2,2H3. The normalized spacial score (nSPS) is 29.0. The molecule has 36 heavy (non-hydrogen) atoms. The van der Waals surface area contributed by atoms with Crippen LogP contribution in [0.5, 0.6) is 0 Å². The van der Waals surface area contributed by atoms with Crippen molar-refractivity contribution >= 4 is 5.57 Å². The van der Waals surface area contributed by atoms with E-state index in [4.69, 9.17) is 0 Å². The molecular formula is C34H42F2. The van der Waals surface area contributed by atoms with Gasteiger partial charge in [0.25, 0.3) is 0 Å². The third-order valence-corrected chi connectivity index (χ3v) is 9.74. The van der Waals surface area contributed by atoms with E-state index >= 15 is 4.39 Å². The molecule has 1 atom stereocenters. The Bertz CT molecular complexity index is 1080. The smallest absolute Gasteiger partial charge is 0.130 e. The Morgan fingerprint density at radius 3 is 2.00 bits per heavy atom. The maximum Gasteiger partial charge on any atom is 0.130 e.